The molecule has 0 amide bonds. The molecular weight excluding hydrogens is 196 g/mol. The summed E-state index contributed by atoms with van der Waals surface area (Å²) in [5.41, 5.74) is 0.704. The van der Waals surface area contributed by atoms with Gasteiger partial charge in [-0.05, 0) is 11.8 Å². The van der Waals surface area contributed by atoms with Gasteiger partial charge in [-0.1, -0.05) is 33.8 Å². The summed E-state index contributed by atoms with van der Waals surface area (Å²) in [6.07, 6.45) is 1.99. The monoisotopic (exact) mass is 214 g/mol. The Morgan fingerprint density at radius 3 is 2.07 bits per heavy atom. The molecule has 0 aromatic carbocycles. The lowest BCUT2D eigenvalue weighted by Gasteiger charge is -2.22. The molecule has 0 heterocycles. The summed E-state index contributed by atoms with van der Waals surface area (Å²) >= 11 is 0. The summed E-state index contributed by atoms with van der Waals surface area (Å²) in [7, 11) is 1.38. The highest BCUT2D eigenvalue weighted by Gasteiger charge is 2.19. The van der Waals surface area contributed by atoms with Crippen molar-refractivity contribution in [2.24, 2.45) is 5.41 Å². The Balaban J connectivity index is 0. The van der Waals surface area contributed by atoms with Crippen LogP contribution < -0.4 is 0 Å². The molecule has 0 bridgehead atoms. The number of hydrogen-bond acceptors (Lipinski definition) is 4. The summed E-state index contributed by atoms with van der Waals surface area (Å²) in [6.45, 7) is 10.0. The Bertz CT molecular complexity index is 247. The second kappa shape index (κ2) is 7.94. The quantitative estimate of drug-likeness (QED) is 0.530. The molecule has 0 unspecified atom stereocenters. The van der Waals surface area contributed by atoms with Gasteiger partial charge in [-0.15, -0.1) is 0 Å². The van der Waals surface area contributed by atoms with E-state index in [0.29, 0.717) is 12.0 Å². The molecule has 0 radical (unpaired) electrons. The molecule has 0 aliphatic heterocycles. The number of esters is 1. The van der Waals surface area contributed by atoms with Crippen molar-refractivity contribution in [1.29, 1.82) is 0 Å². The minimum Gasteiger partial charge on any atom is -0.466 e. The number of methoxy groups -OCH3 is 1. The SMILES string of the molecule is C=C(CC(C)(C)CC)C(=O)OC.O=C=O. The van der Waals surface area contributed by atoms with Gasteiger partial charge >= 0.3 is 12.1 Å². The average Bonchev–Trinajstić information content (AvgIpc) is 2.17. The van der Waals surface area contributed by atoms with Crippen molar-refractivity contribution in [1.82, 2.24) is 0 Å². The fourth-order valence-corrected chi connectivity index (χ4v) is 0.919. The predicted octanol–water partition coefficient (Wildman–Crippen LogP) is 1.96. The van der Waals surface area contributed by atoms with Crippen LogP contribution in [-0.4, -0.2) is 19.2 Å². The van der Waals surface area contributed by atoms with Crippen molar-refractivity contribution in [3.63, 3.8) is 0 Å². The topological polar surface area (TPSA) is 60.4 Å². The molecule has 86 valence electrons. The summed E-state index contributed by atoms with van der Waals surface area (Å²) in [6, 6.07) is 0. The molecule has 0 aliphatic carbocycles. The summed E-state index contributed by atoms with van der Waals surface area (Å²) in [4.78, 5) is 27.2. The van der Waals surface area contributed by atoms with Gasteiger partial charge in [0.05, 0.1) is 7.11 Å². The molecule has 0 saturated carbocycles. The standard InChI is InChI=1S/C10H18O2.CO2/c1-6-10(3,4)7-8(2)9(11)12-5;2-1-3/h2,6-7H2,1,3-5H3;. The van der Waals surface area contributed by atoms with Crippen LogP contribution in [0.25, 0.3) is 0 Å². The number of carbonyl (C=O) groups excluding carboxylic acids is 3. The molecule has 0 saturated heterocycles. The van der Waals surface area contributed by atoms with Gasteiger partial charge in [0.25, 0.3) is 0 Å². The Kier molecular flexibility index (Phi) is 8.49. The van der Waals surface area contributed by atoms with E-state index in [9.17, 15) is 4.79 Å². The fourth-order valence-electron chi connectivity index (χ4n) is 0.919. The smallest absolute Gasteiger partial charge is 0.373 e. The Morgan fingerprint density at radius 1 is 1.40 bits per heavy atom. The molecule has 0 aromatic heterocycles. The van der Waals surface area contributed by atoms with Crippen molar-refractivity contribution in [2.45, 2.75) is 33.6 Å². The van der Waals surface area contributed by atoms with Crippen LogP contribution in [-0.2, 0) is 19.1 Å². The van der Waals surface area contributed by atoms with E-state index in [1.807, 2.05) is 0 Å². The van der Waals surface area contributed by atoms with Crippen LogP contribution in [0.1, 0.15) is 33.6 Å². The zero-order chi connectivity index (χ0) is 12.5. The third-order valence-electron chi connectivity index (χ3n) is 2.12. The van der Waals surface area contributed by atoms with Gasteiger partial charge in [0, 0.05) is 5.57 Å². The van der Waals surface area contributed by atoms with Crippen molar-refractivity contribution >= 4 is 12.1 Å². The third kappa shape index (κ3) is 8.91. The number of hydrogen-bond donors (Lipinski definition) is 0. The lowest BCUT2D eigenvalue weighted by atomic mass is 9.83. The van der Waals surface area contributed by atoms with Crippen LogP contribution in [0, 0.1) is 5.41 Å². The Hall–Kier alpha value is -1.41. The molecule has 0 aliphatic rings. The van der Waals surface area contributed by atoms with Crippen LogP contribution in [0.3, 0.4) is 0 Å². The number of rotatable bonds is 4. The number of ether oxygens (including phenoxy) is 1. The van der Waals surface area contributed by atoms with Gasteiger partial charge in [-0.3, -0.25) is 0 Å². The summed E-state index contributed by atoms with van der Waals surface area (Å²) in [5, 5.41) is 0. The van der Waals surface area contributed by atoms with Crippen LogP contribution in [0.2, 0.25) is 0 Å². The zero-order valence-electron chi connectivity index (χ0n) is 9.75. The normalized spacial score (nSPS) is 9.33. The Morgan fingerprint density at radius 2 is 1.80 bits per heavy atom. The first-order chi connectivity index (χ1) is 6.84. The lowest BCUT2D eigenvalue weighted by Crippen LogP contribution is -2.15. The minimum atomic E-state index is -0.295. The molecule has 0 atom stereocenters. The van der Waals surface area contributed by atoms with Crippen molar-refractivity contribution in [3.05, 3.63) is 12.2 Å². The molecule has 0 spiro atoms. The van der Waals surface area contributed by atoms with E-state index in [4.69, 9.17) is 9.59 Å². The molecule has 15 heavy (non-hydrogen) atoms. The predicted molar refractivity (Wildman–Crippen MR) is 54.9 cm³/mol. The van der Waals surface area contributed by atoms with Gasteiger partial charge in [-0.2, -0.15) is 9.59 Å². The molecule has 0 aromatic rings. The van der Waals surface area contributed by atoms with Crippen LogP contribution in [0.15, 0.2) is 12.2 Å². The second-order valence-electron chi connectivity index (χ2n) is 3.87. The number of carbonyl (C=O) groups is 1. The van der Waals surface area contributed by atoms with E-state index in [0.717, 1.165) is 6.42 Å². The Labute approximate surface area is 90.3 Å². The van der Waals surface area contributed by atoms with Crippen molar-refractivity contribution < 1.29 is 19.1 Å². The van der Waals surface area contributed by atoms with Gasteiger partial charge < -0.3 is 4.74 Å². The highest BCUT2D eigenvalue weighted by atomic mass is 16.5. The molecule has 4 nitrogen and oxygen atoms in total. The first-order valence-corrected chi connectivity index (χ1v) is 4.60. The fraction of sp³-hybridized carbons (Fsp3) is 0.636. The highest BCUT2D eigenvalue weighted by Crippen LogP contribution is 2.28. The van der Waals surface area contributed by atoms with Gasteiger partial charge in [0.15, 0.2) is 0 Å². The van der Waals surface area contributed by atoms with Gasteiger partial charge in [0.1, 0.15) is 0 Å². The maximum Gasteiger partial charge on any atom is 0.373 e. The zero-order valence-corrected chi connectivity index (χ0v) is 9.75. The molecular formula is C11H18O4. The van der Waals surface area contributed by atoms with Crippen molar-refractivity contribution in [3.8, 4) is 0 Å². The van der Waals surface area contributed by atoms with Crippen LogP contribution >= 0.6 is 0 Å². The lowest BCUT2D eigenvalue weighted by molar-refractivity contribution is -0.191. The van der Waals surface area contributed by atoms with E-state index in [1.165, 1.54) is 7.11 Å². The van der Waals surface area contributed by atoms with Gasteiger partial charge in [-0.25, -0.2) is 4.79 Å². The minimum absolute atomic E-state index is 0.144. The van der Waals surface area contributed by atoms with E-state index in [2.05, 4.69) is 32.1 Å². The van der Waals surface area contributed by atoms with Gasteiger partial charge in [0.2, 0.25) is 0 Å². The second-order valence-corrected chi connectivity index (χ2v) is 3.87. The van der Waals surface area contributed by atoms with E-state index >= 15 is 0 Å². The maximum atomic E-state index is 11.0. The summed E-state index contributed by atoms with van der Waals surface area (Å²) in [5.74, 6) is -0.295. The third-order valence-corrected chi connectivity index (χ3v) is 2.12. The average molecular weight is 214 g/mol. The highest BCUT2D eigenvalue weighted by molar-refractivity contribution is 5.87. The molecule has 0 fully saturated rings. The largest absolute Gasteiger partial charge is 0.466 e. The molecule has 4 heteroatoms. The first kappa shape index (κ1) is 16.0. The van der Waals surface area contributed by atoms with Crippen molar-refractivity contribution in [2.75, 3.05) is 7.11 Å². The van der Waals surface area contributed by atoms with E-state index in [-0.39, 0.29) is 17.5 Å². The molecule has 0 rings (SSSR count). The first-order valence-electron chi connectivity index (χ1n) is 4.60. The maximum absolute atomic E-state index is 11.0. The van der Waals surface area contributed by atoms with Crippen LogP contribution in [0.4, 0.5) is 0 Å². The summed E-state index contributed by atoms with van der Waals surface area (Å²) < 4.78 is 4.56. The van der Waals surface area contributed by atoms with E-state index in [1.54, 1.807) is 0 Å². The van der Waals surface area contributed by atoms with E-state index < -0.39 is 0 Å². The van der Waals surface area contributed by atoms with Crippen LogP contribution in [0.5, 0.6) is 0 Å². The molecule has 0 N–H and O–H groups in total.